The van der Waals surface area contributed by atoms with Crippen LogP contribution < -0.4 is 0 Å². The van der Waals surface area contributed by atoms with Crippen molar-refractivity contribution in [1.82, 2.24) is 30.0 Å². The third-order valence-electron chi connectivity index (χ3n) is 4.16. The van der Waals surface area contributed by atoms with Gasteiger partial charge in [-0.25, -0.2) is 9.36 Å². The summed E-state index contributed by atoms with van der Waals surface area (Å²) < 4.78 is 3.01. The number of rotatable bonds is 6. The lowest BCUT2D eigenvalue weighted by Gasteiger charge is -2.06. The number of benzene rings is 2. The van der Waals surface area contributed by atoms with E-state index in [0.717, 1.165) is 0 Å². The summed E-state index contributed by atoms with van der Waals surface area (Å²) >= 11 is 11.7. The zero-order valence-corrected chi connectivity index (χ0v) is 18.1. The van der Waals surface area contributed by atoms with Crippen molar-refractivity contribution in [2.24, 2.45) is 0 Å². The van der Waals surface area contributed by atoms with Gasteiger partial charge in [0.15, 0.2) is 11.6 Å². The maximum atomic E-state index is 11.6. The Morgan fingerprint density at radius 1 is 0.750 bits per heavy atom. The van der Waals surface area contributed by atoms with Crippen LogP contribution in [0.5, 0.6) is 0 Å². The number of hydrogen-bond acceptors (Lipinski definition) is 6. The second-order valence-corrected chi connectivity index (χ2v) is 7.03. The molecule has 0 atom stereocenters. The normalized spacial score (nSPS) is 10.1. The number of halogens is 2. The van der Waals surface area contributed by atoms with Gasteiger partial charge in [0, 0.05) is 21.2 Å². The van der Waals surface area contributed by atoms with Crippen LogP contribution in [0.2, 0.25) is 10.0 Å². The maximum absolute atomic E-state index is 11.6. The lowest BCUT2D eigenvalue weighted by Crippen LogP contribution is -2.04. The van der Waals surface area contributed by atoms with Gasteiger partial charge in [-0.2, -0.15) is 0 Å². The second-order valence-electron chi connectivity index (χ2n) is 6.15. The Morgan fingerprint density at radius 2 is 1.16 bits per heavy atom. The number of aromatic nitrogens is 6. The van der Waals surface area contributed by atoms with E-state index in [9.17, 15) is 9.59 Å². The number of hydrogen-bond donors (Lipinski definition) is 0. The van der Waals surface area contributed by atoms with Gasteiger partial charge in [0.25, 0.3) is 0 Å². The van der Waals surface area contributed by atoms with Gasteiger partial charge in [0.05, 0.1) is 36.2 Å². The Balaban J connectivity index is 0.000000181. The fourth-order valence-electron chi connectivity index (χ4n) is 2.70. The molecule has 0 unspecified atom stereocenters. The Labute approximate surface area is 193 Å². The second kappa shape index (κ2) is 10.4. The summed E-state index contributed by atoms with van der Waals surface area (Å²) in [6.07, 6.45) is 8.87. The van der Waals surface area contributed by atoms with E-state index in [1.54, 1.807) is 48.8 Å². The van der Waals surface area contributed by atoms with E-state index in [1.807, 2.05) is 0 Å². The Kier molecular flexibility index (Phi) is 7.43. The minimum atomic E-state index is -0.201. The third kappa shape index (κ3) is 5.23. The number of carbonyl (C=O) groups is 2. The van der Waals surface area contributed by atoms with E-state index in [-0.39, 0.29) is 11.6 Å². The molecule has 4 aromatic rings. The van der Waals surface area contributed by atoms with Crippen molar-refractivity contribution in [3.63, 3.8) is 0 Å². The van der Waals surface area contributed by atoms with Crippen LogP contribution in [0.3, 0.4) is 0 Å². The summed E-state index contributed by atoms with van der Waals surface area (Å²) in [4.78, 5) is 23.3. The molecule has 0 amide bonds. The standard InChI is InChI=1S/2C11H8ClN3O/c2*1-2-11(16)9-7-8(12)3-4-10(9)15-6-5-13-14-15/h2*2-7H,1H2. The van der Waals surface area contributed by atoms with Crippen molar-refractivity contribution in [1.29, 1.82) is 0 Å². The van der Waals surface area contributed by atoms with Crippen LogP contribution >= 0.6 is 23.2 Å². The fourth-order valence-corrected chi connectivity index (χ4v) is 3.05. The molecule has 0 aliphatic carbocycles. The largest absolute Gasteiger partial charge is 0.289 e. The Bertz CT molecular complexity index is 1170. The molecule has 0 fully saturated rings. The molecule has 0 saturated carbocycles. The molecule has 0 N–H and O–H groups in total. The average Bonchev–Trinajstić information content (AvgIpc) is 3.53. The molecule has 10 heteroatoms. The fraction of sp³-hybridized carbons (Fsp3) is 0. The monoisotopic (exact) mass is 466 g/mol. The lowest BCUT2D eigenvalue weighted by atomic mass is 10.1. The highest BCUT2D eigenvalue weighted by atomic mass is 35.5. The van der Waals surface area contributed by atoms with Crippen molar-refractivity contribution in [2.45, 2.75) is 0 Å². The highest BCUT2D eigenvalue weighted by Gasteiger charge is 2.12. The first kappa shape index (κ1) is 22.8. The zero-order chi connectivity index (χ0) is 23.1. The van der Waals surface area contributed by atoms with Crippen molar-refractivity contribution in [3.05, 3.63) is 108 Å². The van der Waals surface area contributed by atoms with Crippen molar-refractivity contribution in [2.75, 3.05) is 0 Å². The van der Waals surface area contributed by atoms with Gasteiger partial charge in [0.1, 0.15) is 0 Å². The molecule has 0 aliphatic heterocycles. The molecule has 4 rings (SSSR count). The summed E-state index contributed by atoms with van der Waals surface area (Å²) in [5.74, 6) is -0.402. The molecule has 0 radical (unpaired) electrons. The molecule has 160 valence electrons. The summed E-state index contributed by atoms with van der Waals surface area (Å²) in [6, 6.07) is 9.99. The van der Waals surface area contributed by atoms with E-state index in [4.69, 9.17) is 23.2 Å². The Hall–Kier alpha value is -3.88. The zero-order valence-electron chi connectivity index (χ0n) is 16.6. The van der Waals surface area contributed by atoms with E-state index in [1.165, 1.54) is 33.9 Å². The summed E-state index contributed by atoms with van der Waals surface area (Å²) in [6.45, 7) is 6.90. The minimum Gasteiger partial charge on any atom is -0.289 e. The van der Waals surface area contributed by atoms with E-state index in [0.29, 0.717) is 32.5 Å². The third-order valence-corrected chi connectivity index (χ3v) is 4.63. The van der Waals surface area contributed by atoms with Gasteiger partial charge < -0.3 is 0 Å². The molecule has 0 saturated heterocycles. The molecular weight excluding hydrogens is 451 g/mol. The molecule has 32 heavy (non-hydrogen) atoms. The topological polar surface area (TPSA) is 95.6 Å². The number of allylic oxidation sites excluding steroid dienone is 2. The number of nitrogens with zero attached hydrogens (tertiary/aromatic N) is 6. The lowest BCUT2D eigenvalue weighted by molar-refractivity contribution is 0.103. The average molecular weight is 467 g/mol. The molecular formula is C22H16Cl2N6O2. The first-order chi connectivity index (χ1) is 15.4. The summed E-state index contributed by atoms with van der Waals surface area (Å²) in [7, 11) is 0. The van der Waals surface area contributed by atoms with Gasteiger partial charge in [-0.15, -0.1) is 10.2 Å². The van der Waals surface area contributed by atoms with Gasteiger partial charge in [-0.05, 0) is 48.6 Å². The smallest absolute Gasteiger partial charge is 0.187 e. The van der Waals surface area contributed by atoms with E-state index >= 15 is 0 Å². The SMILES string of the molecule is C=CC(=O)c1cc(Cl)ccc1-n1ccnn1.C=CC(=O)c1cc(Cl)ccc1-n1ccnn1. The van der Waals surface area contributed by atoms with Crippen LogP contribution in [-0.2, 0) is 0 Å². The van der Waals surface area contributed by atoms with E-state index < -0.39 is 0 Å². The van der Waals surface area contributed by atoms with Gasteiger partial charge >= 0.3 is 0 Å². The highest BCUT2D eigenvalue weighted by Crippen LogP contribution is 2.21. The maximum Gasteiger partial charge on any atom is 0.187 e. The molecule has 0 spiro atoms. The van der Waals surface area contributed by atoms with Gasteiger partial charge in [-0.1, -0.05) is 46.8 Å². The van der Waals surface area contributed by atoms with Crippen LogP contribution in [0, 0.1) is 0 Å². The number of ketones is 2. The minimum absolute atomic E-state index is 0.201. The van der Waals surface area contributed by atoms with Crippen LogP contribution in [0.15, 0.2) is 86.5 Å². The molecule has 0 aliphatic rings. The molecule has 8 nitrogen and oxygen atoms in total. The van der Waals surface area contributed by atoms with Gasteiger partial charge in [-0.3, -0.25) is 9.59 Å². The summed E-state index contributed by atoms with van der Waals surface area (Å²) in [5.41, 5.74) is 2.17. The number of carbonyl (C=O) groups excluding carboxylic acids is 2. The van der Waals surface area contributed by atoms with Crippen LogP contribution in [-0.4, -0.2) is 41.6 Å². The van der Waals surface area contributed by atoms with E-state index in [2.05, 4.69) is 33.8 Å². The first-order valence-electron chi connectivity index (χ1n) is 9.10. The first-order valence-corrected chi connectivity index (χ1v) is 9.86. The molecule has 2 heterocycles. The Morgan fingerprint density at radius 3 is 1.47 bits per heavy atom. The summed E-state index contributed by atoms with van der Waals surface area (Å²) in [5, 5.41) is 16.0. The quantitative estimate of drug-likeness (QED) is 0.304. The van der Waals surface area contributed by atoms with Gasteiger partial charge in [0.2, 0.25) is 0 Å². The predicted octanol–water partition coefficient (Wildman–Crippen LogP) is 4.58. The molecule has 2 aromatic carbocycles. The predicted molar refractivity (Wildman–Crippen MR) is 122 cm³/mol. The molecule has 2 aromatic heterocycles. The van der Waals surface area contributed by atoms with Crippen molar-refractivity contribution >= 4 is 34.8 Å². The van der Waals surface area contributed by atoms with Crippen LogP contribution in [0.4, 0.5) is 0 Å². The van der Waals surface area contributed by atoms with Crippen molar-refractivity contribution < 1.29 is 9.59 Å². The van der Waals surface area contributed by atoms with Crippen LogP contribution in [0.1, 0.15) is 20.7 Å². The highest BCUT2D eigenvalue weighted by molar-refractivity contribution is 6.31. The molecule has 0 bridgehead atoms. The van der Waals surface area contributed by atoms with Crippen molar-refractivity contribution in [3.8, 4) is 11.4 Å². The van der Waals surface area contributed by atoms with Crippen LogP contribution in [0.25, 0.3) is 11.4 Å².